The molecule has 0 aliphatic carbocycles. The van der Waals surface area contributed by atoms with Crippen LogP contribution in [0, 0.1) is 0 Å². The molecule has 2 aliphatic rings. The maximum atomic E-state index is 14.0. The predicted molar refractivity (Wildman–Crippen MR) is 114 cm³/mol. The Bertz CT molecular complexity index is 852. The molecule has 156 valence electrons. The van der Waals surface area contributed by atoms with Crippen molar-refractivity contribution in [1.29, 1.82) is 0 Å². The Morgan fingerprint density at radius 2 is 1.79 bits per heavy atom. The molecule has 0 aromatic heterocycles. The molecule has 1 fully saturated rings. The van der Waals surface area contributed by atoms with Gasteiger partial charge in [0.2, 0.25) is 0 Å². The molecule has 1 unspecified atom stereocenters. The van der Waals surface area contributed by atoms with Crippen LogP contribution in [-0.4, -0.2) is 57.4 Å². The van der Waals surface area contributed by atoms with Gasteiger partial charge in [-0.25, -0.2) is 8.78 Å². The molecular weight excluding hydrogens is 392 g/mol. The molecule has 2 aromatic rings. The quantitative estimate of drug-likeness (QED) is 0.753. The van der Waals surface area contributed by atoms with Crippen molar-refractivity contribution in [1.82, 2.24) is 10.2 Å². The smallest absolute Gasteiger partial charge is 0.270 e. The van der Waals surface area contributed by atoms with Gasteiger partial charge in [-0.05, 0) is 24.3 Å². The van der Waals surface area contributed by atoms with E-state index in [0.717, 1.165) is 60.8 Å². The van der Waals surface area contributed by atoms with Gasteiger partial charge in [-0.15, -0.1) is 0 Å². The van der Waals surface area contributed by atoms with Crippen LogP contribution in [0.15, 0.2) is 52.3 Å². The number of benzene rings is 2. The normalized spacial score (nSPS) is 18.3. The number of rotatable bonds is 6. The lowest BCUT2D eigenvalue weighted by Gasteiger charge is -2.37. The molecule has 7 heteroatoms. The number of alkyl halides is 2. The first-order valence-electron chi connectivity index (χ1n) is 9.98. The van der Waals surface area contributed by atoms with Crippen molar-refractivity contribution in [2.24, 2.45) is 0 Å². The van der Waals surface area contributed by atoms with Crippen LogP contribution in [0.2, 0.25) is 0 Å². The third kappa shape index (κ3) is 4.58. The highest BCUT2D eigenvalue weighted by molar-refractivity contribution is 7.99. The first-order chi connectivity index (χ1) is 14.0. The lowest BCUT2D eigenvalue weighted by Crippen LogP contribution is -2.48. The number of anilines is 2. The second-order valence-corrected chi connectivity index (χ2v) is 8.74. The molecule has 1 saturated heterocycles. The maximum Gasteiger partial charge on any atom is 0.270 e. The summed E-state index contributed by atoms with van der Waals surface area (Å²) in [7, 11) is 1.73. The lowest BCUT2D eigenvalue weighted by molar-refractivity contribution is 0.0174. The number of fused-ring (bicyclic) bond motifs is 2. The number of nitrogens with zero attached hydrogens (tertiary/aromatic N) is 2. The van der Waals surface area contributed by atoms with Gasteiger partial charge < -0.3 is 15.0 Å². The zero-order valence-electron chi connectivity index (χ0n) is 16.8. The van der Waals surface area contributed by atoms with Crippen molar-refractivity contribution in [2.75, 3.05) is 51.3 Å². The van der Waals surface area contributed by atoms with Crippen molar-refractivity contribution >= 4 is 23.1 Å². The second-order valence-electron chi connectivity index (χ2n) is 7.66. The van der Waals surface area contributed by atoms with Crippen molar-refractivity contribution in [3.63, 3.8) is 0 Å². The van der Waals surface area contributed by atoms with Gasteiger partial charge in [0, 0.05) is 62.1 Å². The zero-order chi connectivity index (χ0) is 20.4. The highest BCUT2D eigenvalue weighted by atomic mass is 32.2. The number of para-hydroxylation sites is 1. The van der Waals surface area contributed by atoms with E-state index < -0.39 is 5.92 Å². The summed E-state index contributed by atoms with van der Waals surface area (Å²) >= 11 is 1.63. The van der Waals surface area contributed by atoms with Crippen LogP contribution in [-0.2, 0) is 10.7 Å². The summed E-state index contributed by atoms with van der Waals surface area (Å²) in [6.07, 6.45) is -0.0251. The Labute approximate surface area is 175 Å². The van der Waals surface area contributed by atoms with E-state index in [1.165, 1.54) is 6.07 Å². The van der Waals surface area contributed by atoms with Gasteiger partial charge in [-0.2, -0.15) is 0 Å². The Hall–Kier alpha value is -1.67. The molecule has 0 bridgehead atoms. The molecule has 0 amide bonds. The maximum absolute atomic E-state index is 14.0. The topological polar surface area (TPSA) is 27.7 Å². The SMILES string of the molecule is COC(CN1CCNCC1)CN1c2ccccc2Sc2ccc(C(C)(F)F)cc21. The summed E-state index contributed by atoms with van der Waals surface area (Å²) in [6, 6.07) is 13.1. The summed E-state index contributed by atoms with van der Waals surface area (Å²) < 4.78 is 33.9. The third-order valence-electron chi connectivity index (χ3n) is 5.52. The van der Waals surface area contributed by atoms with Crippen molar-refractivity contribution < 1.29 is 13.5 Å². The van der Waals surface area contributed by atoms with E-state index >= 15 is 0 Å². The highest BCUT2D eigenvalue weighted by Crippen LogP contribution is 2.49. The van der Waals surface area contributed by atoms with E-state index in [9.17, 15) is 8.78 Å². The highest BCUT2D eigenvalue weighted by Gasteiger charge is 2.30. The van der Waals surface area contributed by atoms with E-state index in [1.54, 1.807) is 24.9 Å². The van der Waals surface area contributed by atoms with Gasteiger partial charge >= 0.3 is 0 Å². The van der Waals surface area contributed by atoms with E-state index in [-0.39, 0.29) is 11.7 Å². The summed E-state index contributed by atoms with van der Waals surface area (Å²) in [5.41, 5.74) is 1.91. The van der Waals surface area contributed by atoms with Gasteiger partial charge in [0.25, 0.3) is 5.92 Å². The zero-order valence-corrected chi connectivity index (χ0v) is 17.6. The van der Waals surface area contributed by atoms with Gasteiger partial charge in [0.1, 0.15) is 0 Å². The first-order valence-corrected chi connectivity index (χ1v) is 10.8. The van der Waals surface area contributed by atoms with Crippen molar-refractivity contribution in [3.05, 3.63) is 48.0 Å². The minimum Gasteiger partial charge on any atom is -0.378 e. The number of piperazine rings is 1. The molecule has 2 aromatic carbocycles. The lowest BCUT2D eigenvalue weighted by atomic mass is 10.1. The van der Waals surface area contributed by atoms with Crippen LogP contribution in [0.4, 0.5) is 20.2 Å². The standard InChI is InChI=1S/C22H27F2N3OS/c1-22(23,24)16-7-8-21-19(13-16)27(18-5-3-4-6-20(18)29-21)15-17(28-2)14-26-11-9-25-10-12-26/h3-8,13,17,25H,9-12,14-15H2,1-2H3. The van der Waals surface area contributed by atoms with Gasteiger partial charge in [0.05, 0.1) is 24.0 Å². The van der Waals surface area contributed by atoms with E-state index in [2.05, 4.69) is 27.2 Å². The molecule has 2 aliphatic heterocycles. The molecule has 0 saturated carbocycles. The third-order valence-corrected chi connectivity index (χ3v) is 6.65. The van der Waals surface area contributed by atoms with E-state index in [1.807, 2.05) is 18.2 Å². The monoisotopic (exact) mass is 419 g/mol. The Morgan fingerprint density at radius 1 is 1.07 bits per heavy atom. The Balaban J connectivity index is 1.65. The van der Waals surface area contributed by atoms with Crippen LogP contribution in [0.5, 0.6) is 0 Å². The number of hydrogen-bond acceptors (Lipinski definition) is 5. The van der Waals surface area contributed by atoms with Gasteiger partial charge in [-0.1, -0.05) is 30.0 Å². The molecule has 0 radical (unpaired) electrons. The largest absolute Gasteiger partial charge is 0.378 e. The molecule has 4 nitrogen and oxygen atoms in total. The fourth-order valence-corrected chi connectivity index (χ4v) is 4.97. The van der Waals surface area contributed by atoms with Crippen LogP contribution >= 0.6 is 11.8 Å². The average Bonchev–Trinajstić information content (AvgIpc) is 2.72. The summed E-state index contributed by atoms with van der Waals surface area (Å²) in [6.45, 7) is 6.34. The number of halogens is 2. The van der Waals surface area contributed by atoms with Gasteiger partial charge in [0.15, 0.2) is 0 Å². The molecule has 2 heterocycles. The summed E-state index contributed by atoms with van der Waals surface area (Å²) in [5, 5.41) is 3.37. The van der Waals surface area contributed by atoms with Crippen LogP contribution in [0.25, 0.3) is 0 Å². The molecule has 1 N–H and O–H groups in total. The molecule has 29 heavy (non-hydrogen) atoms. The van der Waals surface area contributed by atoms with Crippen molar-refractivity contribution in [3.8, 4) is 0 Å². The fourth-order valence-electron chi connectivity index (χ4n) is 3.89. The Kier molecular flexibility index (Phi) is 6.11. The number of ether oxygens (including phenoxy) is 1. The number of methoxy groups -OCH3 is 1. The molecule has 0 spiro atoms. The van der Waals surface area contributed by atoms with Crippen molar-refractivity contribution in [2.45, 2.75) is 28.7 Å². The van der Waals surface area contributed by atoms with Gasteiger partial charge in [-0.3, -0.25) is 4.90 Å². The number of nitrogens with one attached hydrogen (secondary N) is 1. The van der Waals surface area contributed by atoms with Crippen LogP contribution in [0.1, 0.15) is 12.5 Å². The summed E-state index contributed by atoms with van der Waals surface area (Å²) in [5.74, 6) is -2.87. The van der Waals surface area contributed by atoms with E-state index in [4.69, 9.17) is 4.74 Å². The fraction of sp³-hybridized carbons (Fsp3) is 0.455. The average molecular weight is 420 g/mol. The minimum atomic E-state index is -2.87. The Morgan fingerprint density at radius 3 is 2.52 bits per heavy atom. The minimum absolute atomic E-state index is 0.0251. The predicted octanol–water partition coefficient (Wildman–Crippen LogP) is 4.32. The second kappa shape index (κ2) is 8.60. The number of hydrogen-bond donors (Lipinski definition) is 1. The summed E-state index contributed by atoms with van der Waals surface area (Å²) in [4.78, 5) is 6.67. The molecule has 4 rings (SSSR count). The van der Waals surface area contributed by atoms with Crippen LogP contribution in [0.3, 0.4) is 0 Å². The van der Waals surface area contributed by atoms with Crippen LogP contribution < -0.4 is 10.2 Å². The first kappa shape index (κ1) is 20.6. The van der Waals surface area contributed by atoms with E-state index in [0.29, 0.717) is 6.54 Å². The molecule has 1 atom stereocenters. The molecular formula is C22H27F2N3OS.